The van der Waals surface area contributed by atoms with E-state index >= 15 is 0 Å². The Morgan fingerprint density at radius 2 is 1.69 bits per heavy atom. The van der Waals surface area contributed by atoms with E-state index in [0.717, 1.165) is 16.8 Å². The van der Waals surface area contributed by atoms with Gasteiger partial charge < -0.3 is 5.32 Å². The molecule has 2 amide bonds. The normalized spacial score (nSPS) is 14.4. The Morgan fingerprint density at radius 1 is 1.00 bits per heavy atom. The van der Waals surface area contributed by atoms with Crippen molar-refractivity contribution in [1.82, 2.24) is 4.90 Å². The first-order valence-corrected chi connectivity index (χ1v) is 9.01. The van der Waals surface area contributed by atoms with Crippen LogP contribution in [-0.4, -0.2) is 23.3 Å². The van der Waals surface area contributed by atoms with Crippen LogP contribution in [0.25, 0.3) is 5.57 Å². The van der Waals surface area contributed by atoms with Crippen molar-refractivity contribution in [3.8, 4) is 0 Å². The average molecular weight is 369 g/mol. The maximum absolute atomic E-state index is 12.9. The van der Waals surface area contributed by atoms with Crippen LogP contribution in [-0.2, 0) is 9.59 Å². The summed E-state index contributed by atoms with van der Waals surface area (Å²) in [6.45, 7) is 6.34. The summed E-state index contributed by atoms with van der Waals surface area (Å²) in [5, 5.41) is 3.80. The van der Waals surface area contributed by atoms with Gasteiger partial charge in [-0.25, -0.2) is 0 Å². The molecule has 1 N–H and O–H groups in total. The van der Waals surface area contributed by atoms with Gasteiger partial charge in [-0.15, -0.1) is 0 Å². The molecule has 0 radical (unpaired) electrons. The Hall–Kier alpha value is -2.59. The van der Waals surface area contributed by atoms with Crippen molar-refractivity contribution in [2.75, 3.05) is 11.9 Å². The lowest BCUT2D eigenvalue weighted by atomic mass is 10.0. The van der Waals surface area contributed by atoms with E-state index in [2.05, 4.69) is 5.32 Å². The monoisotopic (exact) mass is 368 g/mol. The lowest BCUT2D eigenvalue weighted by Crippen LogP contribution is -2.33. The molecule has 0 atom stereocenters. The molecule has 0 bridgehead atoms. The van der Waals surface area contributed by atoms with Crippen LogP contribution in [0.15, 0.2) is 48.2 Å². The molecule has 0 fully saturated rings. The Balaban J connectivity index is 2.10. The topological polar surface area (TPSA) is 49.4 Å². The molecule has 0 aromatic heterocycles. The summed E-state index contributed by atoms with van der Waals surface area (Å²) in [6.07, 6.45) is 0.710. The summed E-state index contributed by atoms with van der Waals surface area (Å²) in [7, 11) is 0. The summed E-state index contributed by atoms with van der Waals surface area (Å²) in [5.41, 5.74) is 4.38. The zero-order chi connectivity index (χ0) is 18.8. The smallest absolute Gasteiger partial charge is 0.278 e. The first-order chi connectivity index (χ1) is 12.4. The van der Waals surface area contributed by atoms with Crippen LogP contribution in [0.4, 0.5) is 5.69 Å². The van der Waals surface area contributed by atoms with Crippen molar-refractivity contribution in [2.24, 2.45) is 0 Å². The molecule has 0 saturated heterocycles. The number of nitrogens with one attached hydrogen (secondary N) is 1. The maximum Gasteiger partial charge on any atom is 0.278 e. The molecule has 1 aliphatic heterocycles. The Bertz CT molecular complexity index is 901. The number of rotatable bonds is 5. The fraction of sp³-hybridized carbons (Fsp3) is 0.238. The number of aryl methyl sites for hydroxylation is 1. The Morgan fingerprint density at radius 3 is 2.35 bits per heavy atom. The van der Waals surface area contributed by atoms with Crippen molar-refractivity contribution < 1.29 is 9.59 Å². The third kappa shape index (κ3) is 3.25. The van der Waals surface area contributed by atoms with E-state index in [9.17, 15) is 9.59 Å². The molecule has 2 aromatic carbocycles. The van der Waals surface area contributed by atoms with Crippen LogP contribution < -0.4 is 5.32 Å². The molecule has 3 rings (SSSR count). The predicted molar refractivity (Wildman–Crippen MR) is 105 cm³/mol. The van der Waals surface area contributed by atoms with Gasteiger partial charge in [-0.05, 0) is 55.2 Å². The van der Waals surface area contributed by atoms with Gasteiger partial charge in [0.2, 0.25) is 0 Å². The second-order valence-corrected chi connectivity index (χ2v) is 6.83. The molecule has 5 heteroatoms. The molecule has 0 aliphatic carbocycles. The summed E-state index contributed by atoms with van der Waals surface area (Å²) in [6, 6.07) is 12.8. The third-order valence-corrected chi connectivity index (χ3v) is 4.86. The molecule has 134 valence electrons. The lowest BCUT2D eigenvalue weighted by molar-refractivity contribution is -0.136. The van der Waals surface area contributed by atoms with Gasteiger partial charge >= 0.3 is 0 Å². The van der Waals surface area contributed by atoms with Gasteiger partial charge in [0.1, 0.15) is 5.70 Å². The highest BCUT2D eigenvalue weighted by Gasteiger charge is 2.38. The van der Waals surface area contributed by atoms with Gasteiger partial charge in [0, 0.05) is 17.3 Å². The van der Waals surface area contributed by atoms with Crippen LogP contribution in [0.5, 0.6) is 0 Å². The zero-order valence-electron chi connectivity index (χ0n) is 15.1. The lowest BCUT2D eigenvalue weighted by Gasteiger charge is -2.15. The summed E-state index contributed by atoms with van der Waals surface area (Å²) >= 11 is 5.97. The Kier molecular flexibility index (Phi) is 5.14. The van der Waals surface area contributed by atoms with E-state index in [1.165, 1.54) is 4.90 Å². The minimum atomic E-state index is -0.289. The highest BCUT2D eigenvalue weighted by molar-refractivity contribution is 6.37. The van der Waals surface area contributed by atoms with Crippen molar-refractivity contribution in [3.05, 3.63) is 69.9 Å². The van der Waals surface area contributed by atoms with Crippen molar-refractivity contribution in [2.45, 2.75) is 27.2 Å². The number of carbonyl (C=O) groups is 2. The molecule has 26 heavy (non-hydrogen) atoms. The number of halogens is 1. The highest BCUT2D eigenvalue weighted by atomic mass is 35.5. The van der Waals surface area contributed by atoms with Crippen LogP contribution in [0.1, 0.15) is 30.0 Å². The van der Waals surface area contributed by atoms with Crippen LogP contribution in [0.2, 0.25) is 5.02 Å². The van der Waals surface area contributed by atoms with E-state index in [0.29, 0.717) is 34.8 Å². The summed E-state index contributed by atoms with van der Waals surface area (Å²) < 4.78 is 0. The van der Waals surface area contributed by atoms with Gasteiger partial charge in [-0.1, -0.05) is 42.8 Å². The molecule has 0 saturated carbocycles. The Labute approximate surface area is 158 Å². The van der Waals surface area contributed by atoms with Crippen molar-refractivity contribution in [3.63, 3.8) is 0 Å². The average Bonchev–Trinajstić information content (AvgIpc) is 2.85. The molecule has 1 aliphatic rings. The number of benzene rings is 2. The molecule has 0 unspecified atom stereocenters. The van der Waals surface area contributed by atoms with E-state index in [1.54, 1.807) is 24.3 Å². The van der Waals surface area contributed by atoms with Crippen LogP contribution >= 0.6 is 11.6 Å². The van der Waals surface area contributed by atoms with E-state index in [-0.39, 0.29) is 11.8 Å². The van der Waals surface area contributed by atoms with Gasteiger partial charge in [-0.3, -0.25) is 14.5 Å². The number of carbonyl (C=O) groups excluding carboxylic acids is 2. The van der Waals surface area contributed by atoms with Gasteiger partial charge in [0.25, 0.3) is 11.8 Å². The number of amides is 2. The van der Waals surface area contributed by atoms with Gasteiger partial charge in [0.05, 0.1) is 5.57 Å². The summed E-state index contributed by atoms with van der Waals surface area (Å²) in [5.74, 6) is -0.560. The van der Waals surface area contributed by atoms with E-state index < -0.39 is 0 Å². The minimum absolute atomic E-state index is 0.271. The molecular formula is C21H21ClN2O2. The molecule has 2 aromatic rings. The van der Waals surface area contributed by atoms with Gasteiger partial charge in [-0.2, -0.15) is 0 Å². The molecular weight excluding hydrogens is 348 g/mol. The quantitative estimate of drug-likeness (QED) is 0.787. The summed E-state index contributed by atoms with van der Waals surface area (Å²) in [4.78, 5) is 27.1. The minimum Gasteiger partial charge on any atom is -0.350 e. The maximum atomic E-state index is 12.9. The van der Waals surface area contributed by atoms with Crippen molar-refractivity contribution >= 4 is 34.7 Å². The first-order valence-electron chi connectivity index (χ1n) is 8.63. The SMILES string of the molecule is CCCN1C(=O)C(Nc2cccc(C)c2C)=C(c2ccc(Cl)cc2)C1=O. The molecule has 4 nitrogen and oxygen atoms in total. The van der Waals surface area contributed by atoms with E-state index in [4.69, 9.17) is 11.6 Å². The number of anilines is 1. The van der Waals surface area contributed by atoms with Gasteiger partial charge in [0.15, 0.2) is 0 Å². The fourth-order valence-electron chi connectivity index (χ4n) is 3.02. The van der Waals surface area contributed by atoms with Crippen molar-refractivity contribution in [1.29, 1.82) is 0 Å². The second kappa shape index (κ2) is 7.34. The highest BCUT2D eigenvalue weighted by Crippen LogP contribution is 2.32. The number of hydrogen-bond donors (Lipinski definition) is 1. The molecule has 0 spiro atoms. The van der Waals surface area contributed by atoms with Crippen LogP contribution in [0, 0.1) is 13.8 Å². The third-order valence-electron chi connectivity index (χ3n) is 4.61. The zero-order valence-corrected chi connectivity index (χ0v) is 15.9. The number of hydrogen-bond acceptors (Lipinski definition) is 3. The fourth-order valence-corrected chi connectivity index (χ4v) is 3.15. The second-order valence-electron chi connectivity index (χ2n) is 6.39. The van der Waals surface area contributed by atoms with E-state index in [1.807, 2.05) is 39.0 Å². The standard InChI is InChI=1S/C21H21ClN2O2/c1-4-12-24-20(25)18(15-8-10-16(22)11-9-15)19(21(24)26)23-17-7-5-6-13(2)14(17)3/h5-11,23H,4,12H2,1-3H3. The number of imide groups is 1. The largest absolute Gasteiger partial charge is 0.350 e. The van der Waals surface area contributed by atoms with Crippen LogP contribution in [0.3, 0.4) is 0 Å². The first kappa shape index (κ1) is 18.2. The number of nitrogens with zero attached hydrogens (tertiary/aromatic N) is 1. The molecule has 1 heterocycles. The predicted octanol–water partition coefficient (Wildman–Crippen LogP) is 4.56.